The first-order valence-corrected chi connectivity index (χ1v) is 9.05. The van der Waals surface area contributed by atoms with Crippen LogP contribution >= 0.6 is 34.5 Å². The van der Waals surface area contributed by atoms with Crippen molar-refractivity contribution in [3.05, 3.63) is 63.6 Å². The van der Waals surface area contributed by atoms with Crippen molar-refractivity contribution in [2.45, 2.75) is 6.61 Å². The number of halogens is 2. The highest BCUT2D eigenvalue weighted by Gasteiger charge is 2.09. The summed E-state index contributed by atoms with van der Waals surface area (Å²) in [5.41, 5.74) is 0. The zero-order valence-electron chi connectivity index (χ0n) is 13.3. The Balaban J connectivity index is 1.45. The summed E-state index contributed by atoms with van der Waals surface area (Å²) < 4.78 is 10.9. The summed E-state index contributed by atoms with van der Waals surface area (Å²) in [5.74, 6) is 0.895. The predicted octanol–water partition coefficient (Wildman–Crippen LogP) is 4.44. The van der Waals surface area contributed by atoms with Gasteiger partial charge in [-0.2, -0.15) is 0 Å². The van der Waals surface area contributed by atoms with Crippen molar-refractivity contribution in [1.82, 2.24) is 10.2 Å². The van der Waals surface area contributed by atoms with Crippen molar-refractivity contribution < 1.29 is 14.3 Å². The van der Waals surface area contributed by atoms with Crippen LogP contribution in [0.2, 0.25) is 10.0 Å². The third-order valence-electron chi connectivity index (χ3n) is 3.07. The number of benzene rings is 2. The van der Waals surface area contributed by atoms with E-state index in [4.69, 9.17) is 32.7 Å². The van der Waals surface area contributed by atoms with E-state index < -0.39 is 0 Å². The van der Waals surface area contributed by atoms with Crippen LogP contribution in [-0.2, 0) is 11.4 Å². The Hall–Kier alpha value is -2.35. The normalized spacial score (nSPS) is 10.4. The van der Waals surface area contributed by atoms with E-state index in [1.165, 1.54) is 11.3 Å². The summed E-state index contributed by atoms with van der Waals surface area (Å²) in [6, 6.07) is 13.8. The zero-order valence-corrected chi connectivity index (χ0v) is 15.6. The molecule has 6 nitrogen and oxygen atoms in total. The van der Waals surface area contributed by atoms with Gasteiger partial charge in [-0.15, -0.1) is 10.2 Å². The monoisotopic (exact) mass is 409 g/mol. The topological polar surface area (TPSA) is 73.3 Å². The molecule has 3 rings (SSSR count). The highest BCUT2D eigenvalue weighted by atomic mass is 35.5. The number of carbonyl (C=O) groups is 1. The molecule has 26 heavy (non-hydrogen) atoms. The van der Waals surface area contributed by atoms with E-state index in [1.54, 1.807) is 48.5 Å². The highest BCUT2D eigenvalue weighted by Crippen LogP contribution is 2.20. The Labute approximate surface area is 163 Å². The third kappa shape index (κ3) is 5.59. The van der Waals surface area contributed by atoms with Gasteiger partial charge in [0.15, 0.2) is 11.6 Å². The van der Waals surface area contributed by atoms with Gasteiger partial charge in [0.25, 0.3) is 5.91 Å². The van der Waals surface area contributed by atoms with Crippen molar-refractivity contribution in [1.29, 1.82) is 0 Å². The summed E-state index contributed by atoms with van der Waals surface area (Å²) in [6.07, 6.45) is 0. The molecule has 134 valence electrons. The minimum Gasteiger partial charge on any atom is -0.486 e. The first kappa shape index (κ1) is 18.4. The lowest BCUT2D eigenvalue weighted by Gasteiger charge is -2.05. The summed E-state index contributed by atoms with van der Waals surface area (Å²) in [6.45, 7) is 0.105. The molecular weight excluding hydrogens is 397 g/mol. The Morgan fingerprint density at radius 3 is 2.12 bits per heavy atom. The van der Waals surface area contributed by atoms with Crippen molar-refractivity contribution in [3.63, 3.8) is 0 Å². The van der Waals surface area contributed by atoms with Gasteiger partial charge < -0.3 is 9.47 Å². The zero-order chi connectivity index (χ0) is 18.4. The Morgan fingerprint density at radius 2 is 1.50 bits per heavy atom. The molecule has 0 spiro atoms. The number of rotatable bonds is 7. The molecule has 0 saturated heterocycles. The largest absolute Gasteiger partial charge is 0.486 e. The standard InChI is InChI=1S/C17H13Cl2N3O3S/c18-11-1-5-13(6-2-11)24-9-15(23)20-17-22-21-16(26-17)10-25-14-7-3-12(19)4-8-14/h1-8H,9-10H2,(H,20,22,23). The fourth-order valence-electron chi connectivity index (χ4n) is 1.87. The number of nitrogens with one attached hydrogen (secondary N) is 1. The first-order valence-electron chi connectivity index (χ1n) is 7.47. The van der Waals surface area contributed by atoms with Gasteiger partial charge in [-0.1, -0.05) is 34.5 Å². The van der Waals surface area contributed by atoms with Gasteiger partial charge in [0.1, 0.15) is 18.1 Å². The van der Waals surface area contributed by atoms with Crippen LogP contribution in [0.25, 0.3) is 0 Å². The van der Waals surface area contributed by atoms with E-state index in [0.29, 0.717) is 31.7 Å². The van der Waals surface area contributed by atoms with Gasteiger partial charge in [-0.05, 0) is 48.5 Å². The molecule has 2 aromatic carbocycles. The second-order valence-electron chi connectivity index (χ2n) is 5.03. The predicted molar refractivity (Wildman–Crippen MR) is 101 cm³/mol. The van der Waals surface area contributed by atoms with Crippen LogP contribution in [0, 0.1) is 0 Å². The van der Waals surface area contributed by atoms with Gasteiger partial charge in [0, 0.05) is 10.0 Å². The molecule has 1 amide bonds. The van der Waals surface area contributed by atoms with Crippen LogP contribution in [0.4, 0.5) is 5.13 Å². The molecule has 1 aromatic heterocycles. The maximum Gasteiger partial charge on any atom is 0.264 e. The van der Waals surface area contributed by atoms with Crippen molar-refractivity contribution in [3.8, 4) is 11.5 Å². The second-order valence-corrected chi connectivity index (χ2v) is 6.97. The fraction of sp³-hybridized carbons (Fsp3) is 0.118. The van der Waals surface area contributed by atoms with E-state index in [0.717, 1.165) is 0 Å². The molecule has 3 aromatic rings. The van der Waals surface area contributed by atoms with Crippen molar-refractivity contribution in [2.75, 3.05) is 11.9 Å². The maximum absolute atomic E-state index is 11.9. The van der Waals surface area contributed by atoms with Crippen LogP contribution in [0.3, 0.4) is 0 Å². The average molecular weight is 410 g/mol. The van der Waals surface area contributed by atoms with Crippen LogP contribution in [0.15, 0.2) is 48.5 Å². The lowest BCUT2D eigenvalue weighted by atomic mass is 10.3. The highest BCUT2D eigenvalue weighted by molar-refractivity contribution is 7.15. The first-order chi connectivity index (χ1) is 12.6. The molecule has 0 aliphatic heterocycles. The molecule has 0 bridgehead atoms. The van der Waals surface area contributed by atoms with Gasteiger partial charge in [-0.3, -0.25) is 10.1 Å². The van der Waals surface area contributed by atoms with Crippen molar-refractivity contribution in [2.24, 2.45) is 0 Å². The van der Waals surface area contributed by atoms with E-state index in [9.17, 15) is 4.79 Å². The summed E-state index contributed by atoms with van der Waals surface area (Å²) in [4.78, 5) is 11.9. The number of hydrogen-bond acceptors (Lipinski definition) is 6. The minimum atomic E-state index is -0.332. The van der Waals surface area contributed by atoms with E-state index in [1.807, 2.05) is 0 Å². The molecule has 0 aliphatic carbocycles. The van der Waals surface area contributed by atoms with Crippen LogP contribution in [-0.4, -0.2) is 22.7 Å². The number of amides is 1. The molecule has 0 radical (unpaired) electrons. The van der Waals surface area contributed by atoms with Gasteiger partial charge >= 0.3 is 0 Å². The number of hydrogen-bond donors (Lipinski definition) is 1. The number of carbonyl (C=O) groups excluding carboxylic acids is 1. The molecule has 1 heterocycles. The lowest BCUT2D eigenvalue weighted by molar-refractivity contribution is -0.118. The number of nitrogens with zero attached hydrogens (tertiary/aromatic N) is 2. The molecule has 0 unspecified atom stereocenters. The fourth-order valence-corrected chi connectivity index (χ4v) is 2.79. The van der Waals surface area contributed by atoms with Crippen LogP contribution < -0.4 is 14.8 Å². The second kappa shape index (κ2) is 8.84. The molecule has 0 fully saturated rings. The number of ether oxygens (including phenoxy) is 2. The molecule has 0 atom stereocenters. The van der Waals surface area contributed by atoms with Gasteiger partial charge in [0.2, 0.25) is 5.13 Å². The molecular formula is C17H13Cl2N3O3S. The smallest absolute Gasteiger partial charge is 0.264 e. The Morgan fingerprint density at radius 1 is 0.923 bits per heavy atom. The van der Waals surface area contributed by atoms with Crippen LogP contribution in [0.5, 0.6) is 11.5 Å². The van der Waals surface area contributed by atoms with E-state index in [2.05, 4.69) is 15.5 Å². The number of aromatic nitrogens is 2. The minimum absolute atomic E-state index is 0.141. The molecule has 0 saturated carbocycles. The lowest BCUT2D eigenvalue weighted by Crippen LogP contribution is -2.20. The molecule has 0 aliphatic rings. The van der Waals surface area contributed by atoms with Crippen LogP contribution in [0.1, 0.15) is 5.01 Å². The van der Waals surface area contributed by atoms with Crippen molar-refractivity contribution >= 4 is 45.6 Å². The number of anilines is 1. The Bertz CT molecular complexity index is 870. The summed E-state index contributed by atoms with van der Waals surface area (Å²) >= 11 is 12.8. The summed E-state index contributed by atoms with van der Waals surface area (Å²) in [5, 5.41) is 12.8. The van der Waals surface area contributed by atoms with Gasteiger partial charge in [0.05, 0.1) is 0 Å². The molecule has 1 N–H and O–H groups in total. The molecule has 9 heteroatoms. The Kier molecular flexibility index (Phi) is 6.27. The van der Waals surface area contributed by atoms with E-state index in [-0.39, 0.29) is 19.1 Å². The third-order valence-corrected chi connectivity index (χ3v) is 4.39. The van der Waals surface area contributed by atoms with E-state index >= 15 is 0 Å². The summed E-state index contributed by atoms with van der Waals surface area (Å²) in [7, 11) is 0. The average Bonchev–Trinajstić information content (AvgIpc) is 3.08. The SMILES string of the molecule is O=C(COc1ccc(Cl)cc1)Nc1nnc(COc2ccc(Cl)cc2)s1. The maximum atomic E-state index is 11.9. The van der Waals surface area contributed by atoms with Gasteiger partial charge in [-0.25, -0.2) is 0 Å². The quantitative estimate of drug-likeness (QED) is 0.624.